The Bertz CT molecular complexity index is 784. The van der Waals surface area contributed by atoms with Gasteiger partial charge < -0.3 is 24.4 Å². The number of rotatable bonds is 9. The number of ether oxygens (including phenoxy) is 3. The highest BCUT2D eigenvalue weighted by molar-refractivity contribution is 14.0. The van der Waals surface area contributed by atoms with Crippen LogP contribution in [0.3, 0.4) is 0 Å². The summed E-state index contributed by atoms with van der Waals surface area (Å²) in [7, 11) is 7.11. The van der Waals surface area contributed by atoms with Gasteiger partial charge in [-0.25, -0.2) is 0 Å². The van der Waals surface area contributed by atoms with E-state index in [2.05, 4.69) is 27.3 Å². The molecule has 0 atom stereocenters. The predicted octanol–water partition coefficient (Wildman–Crippen LogP) is 4.07. The lowest BCUT2D eigenvalue weighted by atomic mass is 10.1. The molecule has 2 rings (SSSR count). The van der Waals surface area contributed by atoms with Crippen molar-refractivity contribution >= 4 is 29.9 Å². The van der Waals surface area contributed by atoms with Crippen molar-refractivity contribution in [1.29, 1.82) is 0 Å². The third-order valence-corrected chi connectivity index (χ3v) is 4.49. The van der Waals surface area contributed by atoms with Crippen LogP contribution in [0.5, 0.6) is 11.5 Å². The van der Waals surface area contributed by atoms with Gasteiger partial charge in [0.1, 0.15) is 11.5 Å². The zero-order chi connectivity index (χ0) is 20.4. The normalized spacial score (nSPS) is 10.9. The fourth-order valence-electron chi connectivity index (χ4n) is 2.95. The van der Waals surface area contributed by atoms with Gasteiger partial charge in [0, 0.05) is 45.4 Å². The molecule has 0 saturated heterocycles. The molecule has 160 valence electrons. The summed E-state index contributed by atoms with van der Waals surface area (Å²) in [6, 6.07) is 14.1. The Morgan fingerprint density at radius 2 is 1.76 bits per heavy atom. The van der Waals surface area contributed by atoms with Crippen molar-refractivity contribution in [2.45, 2.75) is 26.6 Å². The second-order valence-electron chi connectivity index (χ2n) is 6.34. The Morgan fingerprint density at radius 3 is 2.38 bits per heavy atom. The van der Waals surface area contributed by atoms with Crippen LogP contribution in [0.25, 0.3) is 0 Å². The third kappa shape index (κ3) is 7.40. The molecule has 0 amide bonds. The first-order valence-corrected chi connectivity index (χ1v) is 9.40. The van der Waals surface area contributed by atoms with E-state index < -0.39 is 0 Å². The first-order chi connectivity index (χ1) is 13.6. The van der Waals surface area contributed by atoms with E-state index in [1.165, 1.54) is 11.1 Å². The molecule has 1 N–H and O–H groups in total. The van der Waals surface area contributed by atoms with Crippen molar-refractivity contribution in [3.05, 3.63) is 59.2 Å². The van der Waals surface area contributed by atoms with Gasteiger partial charge in [0.2, 0.25) is 0 Å². The Labute approximate surface area is 191 Å². The lowest BCUT2D eigenvalue weighted by Gasteiger charge is -2.24. The van der Waals surface area contributed by atoms with Crippen LogP contribution in [0.15, 0.2) is 47.5 Å². The summed E-state index contributed by atoms with van der Waals surface area (Å²) in [4.78, 5) is 6.48. The highest BCUT2D eigenvalue weighted by atomic mass is 127. The first-order valence-electron chi connectivity index (χ1n) is 9.40. The van der Waals surface area contributed by atoms with Gasteiger partial charge in [0.25, 0.3) is 0 Å². The number of guanidine groups is 1. The monoisotopic (exact) mass is 513 g/mol. The molecule has 2 aromatic carbocycles. The maximum atomic E-state index is 5.57. The maximum absolute atomic E-state index is 5.57. The van der Waals surface area contributed by atoms with E-state index in [0.29, 0.717) is 26.3 Å². The van der Waals surface area contributed by atoms with E-state index in [4.69, 9.17) is 14.2 Å². The lowest BCUT2D eigenvalue weighted by Crippen LogP contribution is -2.38. The van der Waals surface area contributed by atoms with Gasteiger partial charge in [0.05, 0.1) is 20.8 Å². The molecule has 0 aliphatic heterocycles. The minimum Gasteiger partial charge on any atom is -0.497 e. The van der Waals surface area contributed by atoms with E-state index in [1.54, 1.807) is 21.3 Å². The van der Waals surface area contributed by atoms with Crippen molar-refractivity contribution in [3.63, 3.8) is 0 Å². The SMILES string of the molecule is CCOCc1ccccc1CNC(=NC)N(C)Cc1ccc(OC)cc1OC.I. The number of hydrogen-bond donors (Lipinski definition) is 1. The Morgan fingerprint density at radius 1 is 1.03 bits per heavy atom. The van der Waals surface area contributed by atoms with E-state index >= 15 is 0 Å². The van der Waals surface area contributed by atoms with Gasteiger partial charge in [-0.2, -0.15) is 0 Å². The first kappa shape index (κ1) is 25.0. The van der Waals surface area contributed by atoms with Crippen LogP contribution in [0.2, 0.25) is 0 Å². The molecule has 0 fully saturated rings. The van der Waals surface area contributed by atoms with Gasteiger partial charge in [-0.15, -0.1) is 24.0 Å². The molecule has 0 saturated carbocycles. The molecule has 29 heavy (non-hydrogen) atoms. The summed E-state index contributed by atoms with van der Waals surface area (Å²) < 4.78 is 16.3. The fourth-order valence-corrected chi connectivity index (χ4v) is 2.95. The largest absolute Gasteiger partial charge is 0.497 e. The lowest BCUT2D eigenvalue weighted by molar-refractivity contribution is 0.133. The van der Waals surface area contributed by atoms with Crippen LogP contribution >= 0.6 is 24.0 Å². The number of methoxy groups -OCH3 is 2. The molecule has 0 bridgehead atoms. The summed E-state index contributed by atoms with van der Waals surface area (Å²) in [6.07, 6.45) is 0. The standard InChI is InChI=1S/C22H31N3O3.HI/c1-6-28-16-19-10-8-7-9-17(19)14-24-22(23-2)25(3)15-18-11-12-20(26-4)13-21(18)27-5;/h7-13H,6,14-16H2,1-5H3,(H,23,24);1H. The van der Waals surface area contributed by atoms with Gasteiger partial charge in [0.15, 0.2) is 5.96 Å². The Hall–Kier alpha value is -2.00. The predicted molar refractivity (Wildman–Crippen MR) is 128 cm³/mol. The van der Waals surface area contributed by atoms with Crippen molar-refractivity contribution in [2.24, 2.45) is 4.99 Å². The fraction of sp³-hybridized carbons (Fsp3) is 0.409. The number of aliphatic imine (C=N–C) groups is 1. The van der Waals surface area contributed by atoms with E-state index in [1.807, 2.05) is 44.3 Å². The smallest absolute Gasteiger partial charge is 0.193 e. The quantitative estimate of drug-likeness (QED) is 0.312. The summed E-state index contributed by atoms with van der Waals surface area (Å²) in [5, 5.41) is 3.44. The molecule has 0 radical (unpaired) electrons. The number of halogens is 1. The molecule has 7 heteroatoms. The zero-order valence-corrected chi connectivity index (χ0v) is 20.2. The minimum atomic E-state index is 0. The number of hydrogen-bond acceptors (Lipinski definition) is 4. The van der Waals surface area contributed by atoms with Crippen LogP contribution in [0.4, 0.5) is 0 Å². The van der Waals surface area contributed by atoms with Crippen LogP contribution in [0, 0.1) is 0 Å². The van der Waals surface area contributed by atoms with Gasteiger partial charge in [-0.3, -0.25) is 4.99 Å². The number of benzene rings is 2. The minimum absolute atomic E-state index is 0. The van der Waals surface area contributed by atoms with Crippen molar-refractivity contribution in [2.75, 3.05) is 34.9 Å². The summed E-state index contributed by atoms with van der Waals surface area (Å²) in [6.45, 7) is 4.67. The molecule has 0 unspecified atom stereocenters. The highest BCUT2D eigenvalue weighted by Gasteiger charge is 2.12. The van der Waals surface area contributed by atoms with Crippen molar-refractivity contribution in [3.8, 4) is 11.5 Å². The molecule has 0 aromatic heterocycles. The van der Waals surface area contributed by atoms with Crippen molar-refractivity contribution < 1.29 is 14.2 Å². The van der Waals surface area contributed by atoms with Gasteiger partial charge in [-0.05, 0) is 30.2 Å². The van der Waals surface area contributed by atoms with Crippen LogP contribution < -0.4 is 14.8 Å². The summed E-state index contributed by atoms with van der Waals surface area (Å²) in [5.74, 6) is 2.38. The van der Waals surface area contributed by atoms with E-state index in [-0.39, 0.29) is 24.0 Å². The molecule has 6 nitrogen and oxygen atoms in total. The van der Waals surface area contributed by atoms with Gasteiger partial charge >= 0.3 is 0 Å². The maximum Gasteiger partial charge on any atom is 0.193 e. The molecule has 2 aromatic rings. The van der Waals surface area contributed by atoms with Crippen molar-refractivity contribution in [1.82, 2.24) is 10.2 Å². The third-order valence-electron chi connectivity index (χ3n) is 4.49. The van der Waals surface area contributed by atoms with Crippen LogP contribution in [-0.4, -0.2) is 45.8 Å². The van der Waals surface area contributed by atoms with Gasteiger partial charge in [-0.1, -0.05) is 24.3 Å². The molecular weight excluding hydrogens is 481 g/mol. The molecule has 0 spiro atoms. The average Bonchev–Trinajstić information content (AvgIpc) is 2.73. The van der Waals surface area contributed by atoms with E-state index in [0.717, 1.165) is 23.0 Å². The summed E-state index contributed by atoms with van der Waals surface area (Å²) in [5.41, 5.74) is 3.45. The van der Waals surface area contributed by atoms with Crippen LogP contribution in [0.1, 0.15) is 23.6 Å². The molecule has 0 heterocycles. The molecule has 0 aliphatic rings. The highest BCUT2D eigenvalue weighted by Crippen LogP contribution is 2.25. The number of nitrogens with zero attached hydrogens (tertiary/aromatic N) is 2. The number of nitrogens with one attached hydrogen (secondary N) is 1. The second kappa shape index (κ2) is 13.3. The summed E-state index contributed by atoms with van der Waals surface area (Å²) >= 11 is 0. The second-order valence-corrected chi connectivity index (χ2v) is 6.34. The molecular formula is C22H32IN3O3. The zero-order valence-electron chi connectivity index (χ0n) is 17.9. The topological polar surface area (TPSA) is 55.3 Å². The Balaban J connectivity index is 0.00000420. The van der Waals surface area contributed by atoms with Crippen LogP contribution in [-0.2, 0) is 24.4 Å². The Kier molecular flexibility index (Phi) is 11.5. The average molecular weight is 513 g/mol. The van der Waals surface area contributed by atoms with E-state index in [9.17, 15) is 0 Å². The molecule has 0 aliphatic carbocycles.